The number of ether oxygens (including phenoxy) is 1. The van der Waals surface area contributed by atoms with E-state index in [4.69, 9.17) is 4.74 Å². The lowest BCUT2D eigenvalue weighted by atomic mass is 9.41. The van der Waals surface area contributed by atoms with Crippen molar-refractivity contribution in [3.05, 3.63) is 0 Å². The van der Waals surface area contributed by atoms with Crippen LogP contribution in [-0.4, -0.2) is 57.6 Å². The summed E-state index contributed by atoms with van der Waals surface area (Å²) < 4.78 is 5.57. The predicted octanol–water partition coefficient (Wildman–Crippen LogP) is 4.68. The van der Waals surface area contributed by atoms with Gasteiger partial charge < -0.3 is 25.2 Å². The van der Waals surface area contributed by atoms with Crippen LogP contribution in [0, 0.1) is 44.8 Å². The van der Waals surface area contributed by atoms with Crippen LogP contribution in [0.3, 0.4) is 0 Å². The predicted molar refractivity (Wildman–Crippen MR) is 137 cm³/mol. The van der Waals surface area contributed by atoms with Crippen molar-refractivity contribution in [1.29, 1.82) is 0 Å². The maximum atomic E-state index is 11.6. The van der Waals surface area contributed by atoms with Crippen molar-refractivity contribution in [2.75, 3.05) is 7.11 Å². The SMILES string of the molecule is COC(CCCC1C(O)C[C@@]2(C)C3C[C@H](O)C4C(C)(C)C(O)CCC45CC35CCC12C)C(C)(C)O. The lowest BCUT2D eigenvalue weighted by Crippen LogP contribution is -2.61. The molecule has 5 nitrogen and oxygen atoms in total. The number of aliphatic hydroxyl groups excluding tert-OH is 3. The molecule has 4 N–H and O–H groups in total. The van der Waals surface area contributed by atoms with Crippen LogP contribution in [0.5, 0.6) is 0 Å². The Hall–Kier alpha value is -0.200. The van der Waals surface area contributed by atoms with Gasteiger partial charge in [0.25, 0.3) is 0 Å². The molecule has 5 heteroatoms. The highest BCUT2D eigenvalue weighted by Crippen LogP contribution is 2.88. The van der Waals surface area contributed by atoms with Crippen LogP contribution in [0.2, 0.25) is 0 Å². The van der Waals surface area contributed by atoms with Gasteiger partial charge in [0.1, 0.15) is 0 Å². The Balaban J connectivity index is 1.39. The maximum absolute atomic E-state index is 11.6. The van der Waals surface area contributed by atoms with E-state index in [-0.39, 0.29) is 63.3 Å². The van der Waals surface area contributed by atoms with Gasteiger partial charge in [0, 0.05) is 7.11 Å². The second-order valence-electron chi connectivity index (χ2n) is 15.2. The zero-order valence-corrected chi connectivity index (χ0v) is 23.3. The van der Waals surface area contributed by atoms with Gasteiger partial charge in [-0.3, -0.25) is 0 Å². The van der Waals surface area contributed by atoms with Crippen molar-refractivity contribution in [3.8, 4) is 0 Å². The van der Waals surface area contributed by atoms with Gasteiger partial charge in [0.2, 0.25) is 0 Å². The molecule has 0 bridgehead atoms. The van der Waals surface area contributed by atoms with Gasteiger partial charge in [-0.25, -0.2) is 0 Å². The second kappa shape index (κ2) is 7.91. The number of hydrogen-bond donors (Lipinski definition) is 4. The molecule has 5 rings (SSSR count). The molecule has 5 fully saturated rings. The molecule has 0 heterocycles. The molecule has 9 unspecified atom stereocenters. The van der Waals surface area contributed by atoms with Gasteiger partial charge >= 0.3 is 0 Å². The Morgan fingerprint density at radius 3 is 2.26 bits per heavy atom. The highest BCUT2D eigenvalue weighted by atomic mass is 16.5. The Bertz CT molecular complexity index is 835. The minimum absolute atomic E-state index is 0.0158. The normalized spacial score (nSPS) is 53.2. The summed E-state index contributed by atoms with van der Waals surface area (Å²) >= 11 is 0. The van der Waals surface area contributed by atoms with Crippen molar-refractivity contribution in [1.82, 2.24) is 0 Å². The van der Waals surface area contributed by atoms with Crippen molar-refractivity contribution in [2.45, 2.75) is 136 Å². The molecule has 0 aromatic carbocycles. The van der Waals surface area contributed by atoms with Crippen LogP contribution in [0.25, 0.3) is 0 Å². The van der Waals surface area contributed by atoms with Crippen LogP contribution in [0.1, 0.15) is 106 Å². The molecule has 35 heavy (non-hydrogen) atoms. The van der Waals surface area contributed by atoms with E-state index in [1.165, 1.54) is 12.8 Å². The third-order valence-electron chi connectivity index (χ3n) is 13.3. The van der Waals surface area contributed by atoms with Crippen LogP contribution >= 0.6 is 0 Å². The van der Waals surface area contributed by atoms with Crippen molar-refractivity contribution < 1.29 is 25.2 Å². The van der Waals surface area contributed by atoms with E-state index >= 15 is 0 Å². The van der Waals surface area contributed by atoms with E-state index in [0.29, 0.717) is 5.92 Å². The van der Waals surface area contributed by atoms with E-state index < -0.39 is 5.60 Å². The Kier molecular flexibility index (Phi) is 5.97. The van der Waals surface area contributed by atoms with E-state index in [0.717, 1.165) is 51.4 Å². The third kappa shape index (κ3) is 3.30. The van der Waals surface area contributed by atoms with Gasteiger partial charge in [-0.2, -0.15) is 0 Å². The molecule has 2 spiro atoms. The molecule has 11 atom stereocenters. The first-order valence-electron chi connectivity index (χ1n) is 14.4. The maximum Gasteiger partial charge on any atom is 0.0852 e. The molecule has 5 aliphatic rings. The van der Waals surface area contributed by atoms with E-state index in [1.54, 1.807) is 7.11 Å². The monoisotopic (exact) mass is 492 g/mol. The molecule has 5 saturated carbocycles. The zero-order chi connectivity index (χ0) is 25.8. The summed E-state index contributed by atoms with van der Waals surface area (Å²) in [5, 5.41) is 44.4. The molecule has 0 amide bonds. The summed E-state index contributed by atoms with van der Waals surface area (Å²) in [6.45, 7) is 12.9. The second-order valence-corrected chi connectivity index (χ2v) is 15.2. The summed E-state index contributed by atoms with van der Waals surface area (Å²) in [4.78, 5) is 0. The molecular weight excluding hydrogens is 440 g/mol. The van der Waals surface area contributed by atoms with Crippen LogP contribution in [0.15, 0.2) is 0 Å². The van der Waals surface area contributed by atoms with Crippen molar-refractivity contribution >= 4 is 0 Å². The Morgan fingerprint density at radius 1 is 0.943 bits per heavy atom. The minimum Gasteiger partial charge on any atom is -0.393 e. The van der Waals surface area contributed by atoms with Crippen LogP contribution in [-0.2, 0) is 4.74 Å². The van der Waals surface area contributed by atoms with Crippen molar-refractivity contribution in [2.24, 2.45) is 44.8 Å². The molecule has 0 aliphatic heterocycles. The van der Waals surface area contributed by atoms with Gasteiger partial charge in [0.15, 0.2) is 0 Å². The zero-order valence-electron chi connectivity index (χ0n) is 23.3. The van der Waals surface area contributed by atoms with Gasteiger partial charge in [-0.1, -0.05) is 34.1 Å². The fraction of sp³-hybridized carbons (Fsp3) is 1.00. The average molecular weight is 493 g/mol. The largest absolute Gasteiger partial charge is 0.393 e. The number of rotatable bonds is 6. The molecule has 202 valence electrons. The van der Waals surface area contributed by atoms with Crippen LogP contribution < -0.4 is 0 Å². The van der Waals surface area contributed by atoms with Gasteiger partial charge in [0.05, 0.1) is 30.0 Å². The topological polar surface area (TPSA) is 90.2 Å². The molecule has 0 radical (unpaired) electrons. The molecule has 0 aromatic rings. The molecule has 0 saturated heterocycles. The molecule has 5 aliphatic carbocycles. The molecular formula is C30H52O5. The third-order valence-corrected chi connectivity index (χ3v) is 13.3. The summed E-state index contributed by atoms with van der Waals surface area (Å²) in [7, 11) is 1.67. The van der Waals surface area contributed by atoms with Crippen molar-refractivity contribution in [3.63, 3.8) is 0 Å². The number of hydrogen-bond acceptors (Lipinski definition) is 5. The summed E-state index contributed by atoms with van der Waals surface area (Å²) in [6, 6.07) is 0. The standard InChI is InChI=1S/C30H52O5/c1-25(2)22(33)11-12-30-17-29(30)14-13-27(5)18(9-8-10-23(35-7)26(3,4)34)20(32)16-28(27,6)21(29)15-19(31)24(25)30/h18-24,31-34H,8-17H2,1-7H3/t18?,19-,20?,21?,22?,23?,24?,27?,28-,29?,30?/m0/s1. The summed E-state index contributed by atoms with van der Waals surface area (Å²) in [6.07, 6.45) is 8.59. The Labute approximate surface area is 213 Å². The minimum atomic E-state index is -0.866. The van der Waals surface area contributed by atoms with Gasteiger partial charge in [-0.15, -0.1) is 0 Å². The fourth-order valence-electron chi connectivity index (χ4n) is 11.4. The average Bonchev–Trinajstić information content (AvgIpc) is 3.34. The first kappa shape index (κ1) is 26.4. The smallest absolute Gasteiger partial charge is 0.0852 e. The summed E-state index contributed by atoms with van der Waals surface area (Å²) in [5.74, 6) is 0.866. The lowest BCUT2D eigenvalue weighted by molar-refractivity contribution is -0.197. The number of aliphatic hydroxyl groups is 4. The first-order chi connectivity index (χ1) is 16.1. The molecule has 0 aromatic heterocycles. The quantitative estimate of drug-likeness (QED) is 0.432. The van der Waals surface area contributed by atoms with Gasteiger partial charge in [-0.05, 0) is 116 Å². The highest BCUT2D eigenvalue weighted by molar-refractivity contribution is 5.32. The summed E-state index contributed by atoms with van der Waals surface area (Å²) in [5.41, 5.74) is -0.594. The van der Waals surface area contributed by atoms with Crippen LogP contribution in [0.4, 0.5) is 0 Å². The fourth-order valence-corrected chi connectivity index (χ4v) is 11.4. The Morgan fingerprint density at radius 2 is 1.63 bits per heavy atom. The number of methoxy groups -OCH3 is 1. The number of fused-ring (bicyclic) bond motifs is 2. The highest BCUT2D eigenvalue weighted by Gasteiger charge is 2.84. The van der Waals surface area contributed by atoms with E-state index in [1.807, 2.05) is 13.8 Å². The van der Waals surface area contributed by atoms with E-state index in [9.17, 15) is 20.4 Å². The lowest BCUT2D eigenvalue weighted by Gasteiger charge is -2.64. The first-order valence-corrected chi connectivity index (χ1v) is 14.4. The van der Waals surface area contributed by atoms with E-state index in [2.05, 4.69) is 27.7 Å².